The molecule has 1 aliphatic rings. The van der Waals surface area contributed by atoms with Crippen LogP contribution in [0, 0.1) is 0 Å². The van der Waals surface area contributed by atoms with E-state index in [9.17, 15) is 0 Å². The highest BCUT2D eigenvalue weighted by Crippen LogP contribution is 2.20. The topological polar surface area (TPSA) is 49.4 Å². The summed E-state index contributed by atoms with van der Waals surface area (Å²) in [6.07, 6.45) is 8.14. The Hall–Kier alpha value is -1.40. The van der Waals surface area contributed by atoms with E-state index in [1.54, 1.807) is 13.3 Å². The van der Waals surface area contributed by atoms with Gasteiger partial charge in [-0.1, -0.05) is 13.3 Å². The van der Waals surface area contributed by atoms with Gasteiger partial charge in [0, 0.05) is 25.3 Å². The number of aromatic nitrogens is 1. The Bertz CT molecular complexity index is 497. The van der Waals surface area contributed by atoms with Crippen LogP contribution >= 0.6 is 12.2 Å². The quantitative estimate of drug-likeness (QED) is 0.590. The standard InChI is InChI=1S/C17H28N4OS/c1-3-14-8-4-5-12-21(14)13-7-11-19-17(23)20-16-15(22-2)9-6-10-18-16/h6,9-10,14H,3-5,7-8,11-13H2,1-2H3,(H2,18,19,20,23)/t14-/m0/s1. The second-order valence-electron chi connectivity index (χ2n) is 5.88. The van der Waals surface area contributed by atoms with Gasteiger partial charge in [0.25, 0.3) is 0 Å². The van der Waals surface area contributed by atoms with E-state index >= 15 is 0 Å². The molecule has 1 fully saturated rings. The second kappa shape index (κ2) is 9.67. The van der Waals surface area contributed by atoms with Crippen LogP contribution in [-0.4, -0.2) is 47.8 Å². The molecule has 6 heteroatoms. The summed E-state index contributed by atoms with van der Waals surface area (Å²) in [6.45, 7) is 5.54. The number of pyridine rings is 1. The zero-order valence-electron chi connectivity index (χ0n) is 14.2. The molecule has 0 radical (unpaired) electrons. The second-order valence-corrected chi connectivity index (χ2v) is 6.29. The first-order valence-electron chi connectivity index (χ1n) is 8.52. The van der Waals surface area contributed by atoms with Crippen LogP contribution in [0.1, 0.15) is 39.0 Å². The SMILES string of the molecule is CC[C@H]1CCCCN1CCCNC(=S)Nc1ncccc1OC. The van der Waals surface area contributed by atoms with E-state index < -0.39 is 0 Å². The minimum absolute atomic E-state index is 0.590. The minimum atomic E-state index is 0.590. The maximum Gasteiger partial charge on any atom is 0.174 e. The summed E-state index contributed by atoms with van der Waals surface area (Å²) < 4.78 is 5.26. The normalized spacial score (nSPS) is 18.4. The molecule has 0 saturated carbocycles. The number of nitrogens with zero attached hydrogens (tertiary/aromatic N) is 2. The predicted molar refractivity (Wildman–Crippen MR) is 99.1 cm³/mol. The summed E-state index contributed by atoms with van der Waals surface area (Å²) >= 11 is 5.33. The molecule has 1 aliphatic heterocycles. The van der Waals surface area contributed by atoms with Gasteiger partial charge < -0.3 is 20.3 Å². The summed E-state index contributed by atoms with van der Waals surface area (Å²) in [5, 5.41) is 6.93. The van der Waals surface area contributed by atoms with Crippen LogP contribution in [0.4, 0.5) is 5.82 Å². The third-order valence-electron chi connectivity index (χ3n) is 4.35. The number of ether oxygens (including phenoxy) is 1. The van der Waals surface area contributed by atoms with Crippen molar-refractivity contribution in [1.29, 1.82) is 0 Å². The van der Waals surface area contributed by atoms with E-state index in [1.165, 1.54) is 32.2 Å². The summed E-state index contributed by atoms with van der Waals surface area (Å²) in [7, 11) is 1.63. The van der Waals surface area contributed by atoms with Crippen molar-refractivity contribution in [2.75, 3.05) is 32.1 Å². The third-order valence-corrected chi connectivity index (χ3v) is 4.60. The maximum absolute atomic E-state index is 5.33. The van der Waals surface area contributed by atoms with Crippen molar-refractivity contribution in [3.05, 3.63) is 18.3 Å². The van der Waals surface area contributed by atoms with Gasteiger partial charge in [0.15, 0.2) is 16.7 Å². The molecule has 1 saturated heterocycles. The van der Waals surface area contributed by atoms with Crippen LogP contribution in [0.25, 0.3) is 0 Å². The zero-order chi connectivity index (χ0) is 16.5. The Labute approximate surface area is 144 Å². The van der Waals surface area contributed by atoms with Crippen LogP contribution in [0.3, 0.4) is 0 Å². The number of anilines is 1. The molecular formula is C17H28N4OS. The smallest absolute Gasteiger partial charge is 0.174 e. The number of hydrogen-bond donors (Lipinski definition) is 2. The van der Waals surface area contributed by atoms with E-state index in [4.69, 9.17) is 17.0 Å². The largest absolute Gasteiger partial charge is 0.493 e. The number of thiocarbonyl (C=S) groups is 1. The Kier molecular flexibility index (Phi) is 7.55. The molecule has 2 heterocycles. The molecule has 0 aliphatic carbocycles. The molecule has 128 valence electrons. The van der Waals surface area contributed by atoms with Gasteiger partial charge >= 0.3 is 0 Å². The molecule has 0 bridgehead atoms. The number of nitrogens with one attached hydrogen (secondary N) is 2. The molecule has 0 amide bonds. The van der Waals surface area contributed by atoms with Crippen LogP contribution in [0.2, 0.25) is 0 Å². The van der Waals surface area contributed by atoms with Crippen molar-refractivity contribution in [1.82, 2.24) is 15.2 Å². The van der Waals surface area contributed by atoms with Gasteiger partial charge in [-0.05, 0) is 56.6 Å². The lowest BCUT2D eigenvalue weighted by molar-refractivity contribution is 0.143. The third kappa shape index (κ3) is 5.62. The molecule has 1 aromatic rings. The monoisotopic (exact) mass is 336 g/mol. The maximum atomic E-state index is 5.33. The van der Waals surface area contributed by atoms with Crippen LogP contribution in [-0.2, 0) is 0 Å². The first-order chi connectivity index (χ1) is 11.2. The Morgan fingerprint density at radius 3 is 3.13 bits per heavy atom. The van der Waals surface area contributed by atoms with Crippen LogP contribution in [0.15, 0.2) is 18.3 Å². The molecule has 0 aromatic carbocycles. The zero-order valence-corrected chi connectivity index (χ0v) is 15.0. The summed E-state index contributed by atoms with van der Waals surface area (Å²) in [5.41, 5.74) is 0. The van der Waals surface area contributed by atoms with E-state index in [0.29, 0.717) is 16.7 Å². The predicted octanol–water partition coefficient (Wildman–Crippen LogP) is 3.03. The lowest BCUT2D eigenvalue weighted by Gasteiger charge is -2.35. The summed E-state index contributed by atoms with van der Waals surface area (Å²) in [4.78, 5) is 6.87. The number of likely N-dealkylation sites (tertiary alicyclic amines) is 1. The van der Waals surface area contributed by atoms with Crippen LogP contribution in [0.5, 0.6) is 5.75 Å². The fourth-order valence-corrected chi connectivity index (χ4v) is 3.30. The van der Waals surface area contributed by atoms with Crippen molar-refractivity contribution in [2.24, 2.45) is 0 Å². The number of piperidine rings is 1. The molecular weight excluding hydrogens is 308 g/mol. The summed E-state index contributed by atoms with van der Waals surface area (Å²) in [5.74, 6) is 1.34. The minimum Gasteiger partial charge on any atom is -0.493 e. The molecule has 23 heavy (non-hydrogen) atoms. The molecule has 1 atom stereocenters. The van der Waals surface area contributed by atoms with Crippen molar-refractivity contribution >= 4 is 23.1 Å². The van der Waals surface area contributed by atoms with Gasteiger partial charge in [-0.25, -0.2) is 4.98 Å². The molecule has 2 N–H and O–H groups in total. The Balaban J connectivity index is 1.68. The van der Waals surface area contributed by atoms with Gasteiger partial charge in [-0.15, -0.1) is 0 Å². The lowest BCUT2D eigenvalue weighted by Crippen LogP contribution is -2.41. The van der Waals surface area contributed by atoms with Crippen molar-refractivity contribution in [3.63, 3.8) is 0 Å². The highest BCUT2D eigenvalue weighted by atomic mass is 32.1. The Morgan fingerprint density at radius 2 is 2.35 bits per heavy atom. The average molecular weight is 337 g/mol. The number of methoxy groups -OCH3 is 1. The molecule has 5 nitrogen and oxygen atoms in total. The van der Waals surface area contributed by atoms with Gasteiger partial charge in [0.1, 0.15) is 0 Å². The van der Waals surface area contributed by atoms with Crippen molar-refractivity contribution in [2.45, 2.75) is 45.1 Å². The highest BCUT2D eigenvalue weighted by molar-refractivity contribution is 7.80. The average Bonchev–Trinajstić information content (AvgIpc) is 2.59. The highest BCUT2D eigenvalue weighted by Gasteiger charge is 2.19. The van der Waals surface area contributed by atoms with Gasteiger partial charge in [-0.3, -0.25) is 0 Å². The lowest BCUT2D eigenvalue weighted by atomic mass is 10.00. The summed E-state index contributed by atoms with van der Waals surface area (Å²) in [6, 6.07) is 4.47. The van der Waals surface area contributed by atoms with E-state index in [0.717, 1.165) is 25.6 Å². The van der Waals surface area contributed by atoms with Crippen molar-refractivity contribution < 1.29 is 4.74 Å². The van der Waals surface area contributed by atoms with E-state index in [2.05, 4.69) is 27.4 Å². The number of rotatable bonds is 7. The first-order valence-corrected chi connectivity index (χ1v) is 8.93. The fourth-order valence-electron chi connectivity index (χ4n) is 3.10. The van der Waals surface area contributed by atoms with E-state index in [1.807, 2.05) is 12.1 Å². The molecule has 0 unspecified atom stereocenters. The Morgan fingerprint density at radius 1 is 1.48 bits per heavy atom. The van der Waals surface area contributed by atoms with Crippen LogP contribution < -0.4 is 15.4 Å². The fraction of sp³-hybridized carbons (Fsp3) is 0.647. The molecule has 2 rings (SSSR count). The van der Waals surface area contributed by atoms with E-state index in [-0.39, 0.29) is 0 Å². The van der Waals surface area contributed by atoms with Crippen molar-refractivity contribution in [3.8, 4) is 5.75 Å². The molecule has 0 spiro atoms. The number of hydrogen-bond acceptors (Lipinski definition) is 4. The first kappa shape index (κ1) is 17.9. The van der Waals surface area contributed by atoms with Gasteiger partial charge in [0.05, 0.1) is 7.11 Å². The molecule has 1 aromatic heterocycles. The van der Waals surface area contributed by atoms with Gasteiger partial charge in [-0.2, -0.15) is 0 Å². The van der Waals surface area contributed by atoms with Gasteiger partial charge in [0.2, 0.25) is 0 Å².